The lowest BCUT2D eigenvalue weighted by Crippen LogP contribution is -2.37. The number of nitrogens with one attached hydrogen (secondary N) is 1. The Hall–Kier alpha value is -1.43. The highest BCUT2D eigenvalue weighted by Gasteiger charge is 2.26. The van der Waals surface area contributed by atoms with Crippen molar-refractivity contribution in [1.29, 1.82) is 0 Å². The molecule has 0 unspecified atom stereocenters. The third kappa shape index (κ3) is 3.48. The number of hydrogen-bond donors (Lipinski definition) is 1. The van der Waals surface area contributed by atoms with Gasteiger partial charge in [-0.15, -0.1) is 11.3 Å². The van der Waals surface area contributed by atoms with E-state index in [1.807, 2.05) is 10.3 Å². The van der Waals surface area contributed by atoms with E-state index >= 15 is 0 Å². The second-order valence-electron chi connectivity index (χ2n) is 6.33. The number of likely N-dealkylation sites (tertiary alicyclic amines) is 1. The van der Waals surface area contributed by atoms with Crippen LogP contribution in [0.3, 0.4) is 0 Å². The van der Waals surface area contributed by atoms with E-state index in [2.05, 4.69) is 10.3 Å². The van der Waals surface area contributed by atoms with E-state index in [4.69, 9.17) is 0 Å². The van der Waals surface area contributed by atoms with E-state index in [0.717, 1.165) is 49.5 Å². The van der Waals surface area contributed by atoms with Crippen LogP contribution < -0.4 is 5.32 Å². The predicted octanol–water partition coefficient (Wildman–Crippen LogP) is 2.29. The Morgan fingerprint density at radius 3 is 2.86 bits per heavy atom. The molecule has 0 radical (unpaired) electrons. The van der Waals surface area contributed by atoms with Crippen molar-refractivity contribution in [3.8, 4) is 0 Å². The summed E-state index contributed by atoms with van der Waals surface area (Å²) in [4.78, 5) is 29.9. The minimum absolute atomic E-state index is 0.147. The Morgan fingerprint density at radius 2 is 2.18 bits per heavy atom. The van der Waals surface area contributed by atoms with Gasteiger partial charge >= 0.3 is 0 Å². The fourth-order valence-electron chi connectivity index (χ4n) is 3.05. The second kappa shape index (κ2) is 6.77. The number of piperidine rings is 1. The summed E-state index contributed by atoms with van der Waals surface area (Å²) in [6.45, 7) is 3.79. The first kappa shape index (κ1) is 15.5. The van der Waals surface area contributed by atoms with Crippen LogP contribution in [-0.4, -0.2) is 34.8 Å². The van der Waals surface area contributed by atoms with Crippen molar-refractivity contribution in [2.24, 2.45) is 5.92 Å². The largest absolute Gasteiger partial charge is 0.350 e. The first-order valence-electron chi connectivity index (χ1n) is 8.11. The van der Waals surface area contributed by atoms with Crippen LogP contribution in [0.4, 0.5) is 0 Å². The number of carbonyl (C=O) groups is 2. The normalized spacial score (nSPS) is 22.2. The Kier molecular flexibility index (Phi) is 4.76. The van der Waals surface area contributed by atoms with Crippen molar-refractivity contribution in [1.82, 2.24) is 15.2 Å². The molecule has 1 aliphatic heterocycles. The van der Waals surface area contributed by atoms with Gasteiger partial charge in [0.2, 0.25) is 11.8 Å². The van der Waals surface area contributed by atoms with Gasteiger partial charge in [0, 0.05) is 37.2 Å². The lowest BCUT2D eigenvalue weighted by atomic mass is 9.85. The lowest BCUT2D eigenvalue weighted by Gasteiger charge is -2.30. The van der Waals surface area contributed by atoms with Crippen molar-refractivity contribution in [2.75, 3.05) is 13.1 Å². The molecule has 1 N–H and O–H groups in total. The van der Waals surface area contributed by atoms with Crippen LogP contribution in [-0.2, 0) is 16.1 Å². The van der Waals surface area contributed by atoms with Gasteiger partial charge in [0.05, 0.1) is 17.2 Å². The number of carbonyl (C=O) groups excluding carboxylic acids is 2. The lowest BCUT2D eigenvalue weighted by molar-refractivity contribution is -0.130. The highest BCUT2D eigenvalue weighted by Crippen LogP contribution is 2.29. The summed E-state index contributed by atoms with van der Waals surface area (Å²) in [5.41, 5.74) is 0.938. The summed E-state index contributed by atoms with van der Waals surface area (Å²) in [7, 11) is 0. The Bertz CT molecular complexity index is 553. The number of rotatable bonds is 4. The van der Waals surface area contributed by atoms with E-state index in [-0.39, 0.29) is 17.7 Å². The van der Waals surface area contributed by atoms with E-state index in [1.54, 1.807) is 18.3 Å². The maximum absolute atomic E-state index is 11.8. The molecule has 2 amide bonds. The number of nitrogens with zero attached hydrogens (tertiary/aromatic N) is 2. The van der Waals surface area contributed by atoms with Gasteiger partial charge in [-0.2, -0.15) is 0 Å². The van der Waals surface area contributed by atoms with E-state index in [9.17, 15) is 9.59 Å². The van der Waals surface area contributed by atoms with Gasteiger partial charge in [-0.3, -0.25) is 9.59 Å². The van der Waals surface area contributed by atoms with Crippen molar-refractivity contribution in [3.63, 3.8) is 0 Å². The van der Waals surface area contributed by atoms with E-state index in [0.29, 0.717) is 12.5 Å². The van der Waals surface area contributed by atoms with Crippen molar-refractivity contribution in [3.05, 3.63) is 16.1 Å². The summed E-state index contributed by atoms with van der Waals surface area (Å²) in [5, 5.41) is 6.11. The van der Waals surface area contributed by atoms with Gasteiger partial charge in [0.1, 0.15) is 0 Å². The molecule has 1 saturated carbocycles. The van der Waals surface area contributed by atoms with Gasteiger partial charge in [-0.25, -0.2) is 4.98 Å². The Balaban J connectivity index is 1.54. The van der Waals surface area contributed by atoms with Crippen LogP contribution >= 0.6 is 11.3 Å². The highest BCUT2D eigenvalue weighted by atomic mass is 32.1. The van der Waals surface area contributed by atoms with Crippen LogP contribution in [0, 0.1) is 5.92 Å². The van der Waals surface area contributed by atoms with Crippen molar-refractivity contribution < 1.29 is 9.59 Å². The standard InChI is InChI=1S/C16H23N3O2S/c1-11(20)19-7-3-6-13(9-19)16-18-14(10-22-16)8-17-15(21)12-4-2-5-12/h10,12-13H,2-9H2,1H3,(H,17,21)/t13-/m1/s1. The Labute approximate surface area is 135 Å². The second-order valence-corrected chi connectivity index (χ2v) is 7.22. The summed E-state index contributed by atoms with van der Waals surface area (Å²) in [6.07, 6.45) is 5.35. The van der Waals surface area contributed by atoms with Gasteiger partial charge in [-0.05, 0) is 25.7 Å². The van der Waals surface area contributed by atoms with Crippen molar-refractivity contribution in [2.45, 2.75) is 51.5 Å². The molecule has 1 saturated heterocycles. The molecule has 0 bridgehead atoms. The highest BCUT2D eigenvalue weighted by molar-refractivity contribution is 7.09. The minimum atomic E-state index is 0.147. The van der Waals surface area contributed by atoms with E-state index < -0.39 is 0 Å². The number of aromatic nitrogens is 1. The number of amides is 2. The molecular formula is C16H23N3O2S. The fourth-order valence-corrected chi connectivity index (χ4v) is 4.00. The van der Waals surface area contributed by atoms with Gasteiger partial charge in [0.15, 0.2) is 0 Å². The Morgan fingerprint density at radius 1 is 1.36 bits per heavy atom. The molecule has 0 spiro atoms. The molecule has 2 heterocycles. The predicted molar refractivity (Wildman–Crippen MR) is 85.5 cm³/mol. The van der Waals surface area contributed by atoms with Crippen molar-refractivity contribution >= 4 is 23.2 Å². The molecule has 1 aromatic rings. The van der Waals surface area contributed by atoms with Gasteiger partial charge in [-0.1, -0.05) is 6.42 Å². The quantitative estimate of drug-likeness (QED) is 0.925. The molecule has 2 fully saturated rings. The molecule has 22 heavy (non-hydrogen) atoms. The zero-order valence-electron chi connectivity index (χ0n) is 13.0. The zero-order valence-corrected chi connectivity index (χ0v) is 13.8. The summed E-state index contributed by atoms with van der Waals surface area (Å²) in [6, 6.07) is 0. The molecule has 1 atom stereocenters. The summed E-state index contributed by atoms with van der Waals surface area (Å²) in [5.74, 6) is 0.884. The van der Waals surface area contributed by atoms with Crippen LogP contribution in [0.5, 0.6) is 0 Å². The maximum Gasteiger partial charge on any atom is 0.223 e. The molecule has 6 heteroatoms. The first-order chi connectivity index (χ1) is 10.6. The molecule has 3 rings (SSSR count). The fraction of sp³-hybridized carbons (Fsp3) is 0.688. The number of hydrogen-bond acceptors (Lipinski definition) is 4. The van der Waals surface area contributed by atoms with E-state index in [1.165, 1.54) is 6.42 Å². The molecule has 2 aliphatic rings. The average molecular weight is 321 g/mol. The monoisotopic (exact) mass is 321 g/mol. The third-order valence-corrected chi connectivity index (χ3v) is 5.76. The maximum atomic E-state index is 11.8. The number of thiazole rings is 1. The summed E-state index contributed by atoms with van der Waals surface area (Å²) >= 11 is 1.65. The van der Waals surface area contributed by atoms with Crippen LogP contribution in [0.25, 0.3) is 0 Å². The molecule has 5 nitrogen and oxygen atoms in total. The zero-order chi connectivity index (χ0) is 15.5. The first-order valence-corrected chi connectivity index (χ1v) is 8.99. The molecule has 0 aromatic carbocycles. The molecular weight excluding hydrogens is 298 g/mol. The summed E-state index contributed by atoms with van der Waals surface area (Å²) < 4.78 is 0. The van der Waals surface area contributed by atoms with Crippen LogP contribution in [0.2, 0.25) is 0 Å². The molecule has 1 aliphatic carbocycles. The minimum Gasteiger partial charge on any atom is -0.350 e. The smallest absolute Gasteiger partial charge is 0.223 e. The molecule has 1 aromatic heterocycles. The van der Waals surface area contributed by atoms with Gasteiger partial charge < -0.3 is 10.2 Å². The third-order valence-electron chi connectivity index (χ3n) is 4.71. The van der Waals surface area contributed by atoms with Crippen LogP contribution in [0.15, 0.2) is 5.38 Å². The SMILES string of the molecule is CC(=O)N1CCC[C@@H](c2nc(CNC(=O)C3CCC3)cs2)C1. The molecule has 120 valence electrons. The topological polar surface area (TPSA) is 62.3 Å². The average Bonchev–Trinajstić information content (AvgIpc) is 2.92. The van der Waals surface area contributed by atoms with Crippen LogP contribution in [0.1, 0.15) is 55.6 Å². The van der Waals surface area contributed by atoms with Gasteiger partial charge in [0.25, 0.3) is 0 Å².